The highest BCUT2D eigenvalue weighted by atomic mass is 16.5. The maximum absolute atomic E-state index is 5.65. The minimum Gasteiger partial charge on any atom is -0.494 e. The lowest BCUT2D eigenvalue weighted by molar-refractivity contribution is 0.340. The van der Waals surface area contributed by atoms with Gasteiger partial charge in [-0.15, -0.1) is 0 Å². The van der Waals surface area contributed by atoms with Crippen LogP contribution in [0, 0.1) is 13.8 Å². The molecule has 28 heavy (non-hydrogen) atoms. The Labute approximate surface area is 168 Å². The Morgan fingerprint density at radius 3 is 1.79 bits per heavy atom. The first-order valence-corrected chi connectivity index (χ1v) is 10.0. The zero-order valence-electron chi connectivity index (χ0n) is 16.9. The van der Waals surface area contributed by atoms with E-state index in [9.17, 15) is 0 Å². The van der Waals surface area contributed by atoms with Crippen molar-refractivity contribution in [3.8, 4) is 5.75 Å². The number of benzene rings is 3. The van der Waals surface area contributed by atoms with E-state index in [4.69, 9.17) is 4.74 Å². The molecule has 1 saturated heterocycles. The molecule has 0 bridgehead atoms. The minimum absolute atomic E-state index is 0.166. The highest BCUT2D eigenvalue weighted by molar-refractivity contribution is 5.60. The van der Waals surface area contributed by atoms with Crippen molar-refractivity contribution < 1.29 is 4.74 Å². The molecule has 0 aliphatic carbocycles. The summed E-state index contributed by atoms with van der Waals surface area (Å²) in [6.45, 7) is 9.01. The van der Waals surface area contributed by atoms with Crippen LogP contribution >= 0.6 is 0 Å². The summed E-state index contributed by atoms with van der Waals surface area (Å²) in [5, 5.41) is 0. The van der Waals surface area contributed by atoms with Crippen LogP contribution in [0.15, 0.2) is 72.8 Å². The molecule has 1 aliphatic rings. The smallest absolute Gasteiger partial charge is 0.128 e. The summed E-state index contributed by atoms with van der Waals surface area (Å²) >= 11 is 0. The maximum atomic E-state index is 5.65. The van der Waals surface area contributed by atoms with Crippen molar-refractivity contribution in [2.45, 2.75) is 26.9 Å². The predicted octanol–water partition coefficient (Wildman–Crippen LogP) is 5.73. The second-order valence-corrected chi connectivity index (χ2v) is 7.44. The van der Waals surface area contributed by atoms with Crippen LogP contribution < -0.4 is 14.5 Å². The van der Waals surface area contributed by atoms with E-state index in [1.165, 1.54) is 28.1 Å². The van der Waals surface area contributed by atoms with Gasteiger partial charge in [0.2, 0.25) is 0 Å². The van der Waals surface area contributed by atoms with Crippen LogP contribution in [0.3, 0.4) is 0 Å². The molecule has 0 aromatic heterocycles. The fourth-order valence-electron chi connectivity index (χ4n) is 4.04. The highest BCUT2D eigenvalue weighted by Gasteiger charge is 2.33. The van der Waals surface area contributed by atoms with Gasteiger partial charge in [0.25, 0.3) is 0 Å². The number of ether oxygens (including phenoxy) is 1. The van der Waals surface area contributed by atoms with Gasteiger partial charge >= 0.3 is 0 Å². The maximum Gasteiger partial charge on any atom is 0.128 e. The van der Waals surface area contributed by atoms with Gasteiger partial charge in [0, 0.05) is 24.5 Å². The number of hydrogen-bond acceptors (Lipinski definition) is 3. The summed E-state index contributed by atoms with van der Waals surface area (Å²) in [6.07, 6.45) is 0.166. The van der Waals surface area contributed by atoms with E-state index in [1.54, 1.807) is 0 Å². The van der Waals surface area contributed by atoms with Crippen molar-refractivity contribution in [3.63, 3.8) is 0 Å². The molecule has 1 fully saturated rings. The van der Waals surface area contributed by atoms with Crippen LogP contribution in [0.1, 0.15) is 29.8 Å². The molecule has 1 aliphatic heterocycles. The molecule has 144 valence electrons. The highest BCUT2D eigenvalue weighted by Crippen LogP contribution is 2.38. The Hall–Kier alpha value is -2.94. The quantitative estimate of drug-likeness (QED) is 0.569. The third kappa shape index (κ3) is 3.70. The summed E-state index contributed by atoms with van der Waals surface area (Å²) in [4.78, 5) is 5.01. The van der Waals surface area contributed by atoms with Gasteiger partial charge in [0.1, 0.15) is 11.9 Å². The lowest BCUT2D eigenvalue weighted by atomic mass is 10.1. The van der Waals surface area contributed by atoms with Crippen LogP contribution in [0.4, 0.5) is 11.4 Å². The first-order valence-electron chi connectivity index (χ1n) is 10.0. The number of rotatable bonds is 5. The first kappa shape index (κ1) is 18.4. The lowest BCUT2D eigenvalue weighted by Gasteiger charge is -2.33. The second-order valence-electron chi connectivity index (χ2n) is 7.44. The van der Waals surface area contributed by atoms with E-state index in [2.05, 4.69) is 96.4 Å². The molecule has 0 amide bonds. The molecule has 1 heterocycles. The molecule has 0 radical (unpaired) electrons. The van der Waals surface area contributed by atoms with Gasteiger partial charge in [-0.05, 0) is 73.9 Å². The standard InChI is InChI=1S/C25H28N2O/c1-4-28-24-13-11-21(12-14-24)25-26(22-9-5-7-19(2)17-22)15-16-27(25)23-10-6-8-20(3)18-23/h5-14,17-18,25H,4,15-16H2,1-3H3. The van der Waals surface area contributed by atoms with Gasteiger partial charge in [0.15, 0.2) is 0 Å². The number of aryl methyl sites for hydroxylation is 2. The fraction of sp³-hybridized carbons (Fsp3) is 0.280. The van der Waals surface area contributed by atoms with E-state index < -0.39 is 0 Å². The normalized spacial score (nSPS) is 14.5. The minimum atomic E-state index is 0.166. The van der Waals surface area contributed by atoms with Crippen LogP contribution in [0.5, 0.6) is 5.75 Å². The van der Waals surface area contributed by atoms with Crippen molar-refractivity contribution in [1.29, 1.82) is 0 Å². The molecule has 0 atom stereocenters. The number of nitrogens with zero attached hydrogens (tertiary/aromatic N) is 2. The Kier molecular flexibility index (Phi) is 5.25. The van der Waals surface area contributed by atoms with Crippen molar-refractivity contribution in [2.75, 3.05) is 29.5 Å². The molecular weight excluding hydrogens is 344 g/mol. The summed E-state index contributed by atoms with van der Waals surface area (Å²) < 4.78 is 5.65. The van der Waals surface area contributed by atoms with Gasteiger partial charge in [0.05, 0.1) is 6.61 Å². The largest absolute Gasteiger partial charge is 0.494 e. The van der Waals surface area contributed by atoms with Gasteiger partial charge in [-0.1, -0.05) is 36.4 Å². The van der Waals surface area contributed by atoms with Crippen LogP contribution in [0.25, 0.3) is 0 Å². The summed E-state index contributed by atoms with van der Waals surface area (Å²) in [5.41, 5.74) is 6.40. The number of hydrogen-bond donors (Lipinski definition) is 0. The first-order chi connectivity index (χ1) is 13.7. The third-order valence-electron chi connectivity index (χ3n) is 5.33. The van der Waals surface area contributed by atoms with Crippen LogP contribution in [0.2, 0.25) is 0 Å². The van der Waals surface area contributed by atoms with E-state index >= 15 is 0 Å². The van der Waals surface area contributed by atoms with Gasteiger partial charge in [-0.2, -0.15) is 0 Å². The molecule has 3 nitrogen and oxygen atoms in total. The Morgan fingerprint density at radius 2 is 1.32 bits per heavy atom. The summed E-state index contributed by atoms with van der Waals surface area (Å²) in [7, 11) is 0. The average molecular weight is 373 g/mol. The topological polar surface area (TPSA) is 15.7 Å². The average Bonchev–Trinajstić information content (AvgIpc) is 3.14. The molecule has 4 rings (SSSR count). The molecule has 3 heteroatoms. The zero-order chi connectivity index (χ0) is 19.5. The number of anilines is 2. The predicted molar refractivity (Wildman–Crippen MR) is 117 cm³/mol. The van der Waals surface area contributed by atoms with E-state index in [0.717, 1.165) is 18.8 Å². The Balaban J connectivity index is 1.74. The summed E-state index contributed by atoms with van der Waals surface area (Å²) in [5.74, 6) is 0.924. The SMILES string of the molecule is CCOc1ccc(C2N(c3cccc(C)c3)CCN2c2cccc(C)c2)cc1. The molecule has 0 N–H and O–H groups in total. The van der Waals surface area contributed by atoms with E-state index in [-0.39, 0.29) is 6.17 Å². The monoisotopic (exact) mass is 372 g/mol. The van der Waals surface area contributed by atoms with Crippen molar-refractivity contribution in [3.05, 3.63) is 89.5 Å². The summed E-state index contributed by atoms with van der Waals surface area (Å²) in [6, 6.07) is 26.2. The third-order valence-corrected chi connectivity index (χ3v) is 5.33. The second kappa shape index (κ2) is 7.97. The van der Waals surface area contributed by atoms with Gasteiger partial charge in [-0.3, -0.25) is 0 Å². The van der Waals surface area contributed by atoms with Gasteiger partial charge in [-0.25, -0.2) is 0 Å². The molecule has 0 unspecified atom stereocenters. The Morgan fingerprint density at radius 1 is 0.786 bits per heavy atom. The van der Waals surface area contributed by atoms with Crippen molar-refractivity contribution >= 4 is 11.4 Å². The zero-order valence-corrected chi connectivity index (χ0v) is 16.9. The van der Waals surface area contributed by atoms with Crippen molar-refractivity contribution in [1.82, 2.24) is 0 Å². The van der Waals surface area contributed by atoms with Crippen molar-refractivity contribution in [2.24, 2.45) is 0 Å². The lowest BCUT2D eigenvalue weighted by Crippen LogP contribution is -2.31. The molecule has 0 spiro atoms. The van der Waals surface area contributed by atoms with Crippen LogP contribution in [-0.2, 0) is 0 Å². The van der Waals surface area contributed by atoms with E-state index in [0.29, 0.717) is 6.61 Å². The molecule has 0 saturated carbocycles. The molecular formula is C25H28N2O. The van der Waals surface area contributed by atoms with Gasteiger partial charge < -0.3 is 14.5 Å². The molecule has 3 aromatic rings. The van der Waals surface area contributed by atoms with E-state index in [1.807, 2.05) is 6.92 Å². The molecule has 3 aromatic carbocycles. The Bertz CT molecular complexity index is 882. The fourth-order valence-corrected chi connectivity index (χ4v) is 4.04. The van der Waals surface area contributed by atoms with Crippen LogP contribution in [-0.4, -0.2) is 19.7 Å².